The van der Waals surface area contributed by atoms with E-state index in [2.05, 4.69) is 44.6 Å². The van der Waals surface area contributed by atoms with Crippen molar-refractivity contribution in [1.29, 1.82) is 0 Å². The average Bonchev–Trinajstić information content (AvgIpc) is 3.42. The molecule has 0 saturated carbocycles. The standard InChI is InChI=1S/C19H24N6O2S/c1-14(18-22-19(23-28-18)25-8-6-21-13-25)24(2)7-5-20-12-15-3-4-16-17(11-15)27-10-9-26-16/h3-4,6,8,11,13-14,20H,5,7,9-10,12H2,1-2H3. The number of imidazole rings is 1. The van der Waals surface area contributed by atoms with Crippen LogP contribution >= 0.6 is 11.5 Å². The number of aromatic nitrogens is 4. The van der Waals surface area contributed by atoms with Gasteiger partial charge in [-0.3, -0.25) is 9.47 Å². The zero-order valence-electron chi connectivity index (χ0n) is 16.0. The lowest BCUT2D eigenvalue weighted by Crippen LogP contribution is -2.31. The molecule has 0 fully saturated rings. The van der Waals surface area contributed by atoms with Gasteiger partial charge in [-0.25, -0.2) is 9.97 Å². The summed E-state index contributed by atoms with van der Waals surface area (Å²) >= 11 is 1.44. The van der Waals surface area contributed by atoms with Gasteiger partial charge in [0.15, 0.2) is 11.5 Å². The molecule has 148 valence electrons. The second kappa shape index (κ2) is 8.68. The van der Waals surface area contributed by atoms with E-state index in [0.29, 0.717) is 19.2 Å². The Bertz CT molecular complexity index is 898. The third kappa shape index (κ3) is 4.32. The van der Waals surface area contributed by atoms with Gasteiger partial charge in [-0.1, -0.05) is 6.07 Å². The third-order valence-electron chi connectivity index (χ3n) is 4.76. The quantitative estimate of drug-likeness (QED) is 0.581. The van der Waals surface area contributed by atoms with Crippen molar-refractivity contribution in [3.63, 3.8) is 0 Å². The maximum atomic E-state index is 5.64. The highest BCUT2D eigenvalue weighted by molar-refractivity contribution is 7.05. The summed E-state index contributed by atoms with van der Waals surface area (Å²) < 4.78 is 17.4. The fraction of sp³-hybridized carbons (Fsp3) is 0.421. The Morgan fingerprint density at radius 1 is 1.29 bits per heavy atom. The Hall–Kier alpha value is -2.49. The summed E-state index contributed by atoms with van der Waals surface area (Å²) in [5, 5.41) is 4.49. The van der Waals surface area contributed by atoms with Gasteiger partial charge in [0.05, 0.1) is 6.04 Å². The predicted molar refractivity (Wildman–Crippen MR) is 107 cm³/mol. The molecule has 1 N–H and O–H groups in total. The monoisotopic (exact) mass is 400 g/mol. The molecule has 3 aromatic rings. The molecule has 0 radical (unpaired) electrons. The van der Waals surface area contributed by atoms with Crippen molar-refractivity contribution in [2.75, 3.05) is 33.4 Å². The van der Waals surface area contributed by atoms with Gasteiger partial charge >= 0.3 is 0 Å². The minimum absolute atomic E-state index is 0.200. The van der Waals surface area contributed by atoms with Crippen LogP contribution in [0.3, 0.4) is 0 Å². The number of benzene rings is 1. The molecule has 1 aliphatic heterocycles. The minimum atomic E-state index is 0.200. The number of ether oxygens (including phenoxy) is 2. The number of fused-ring (bicyclic) bond motifs is 1. The van der Waals surface area contributed by atoms with E-state index in [-0.39, 0.29) is 6.04 Å². The van der Waals surface area contributed by atoms with Crippen LogP contribution in [0.2, 0.25) is 0 Å². The Morgan fingerprint density at radius 3 is 2.96 bits per heavy atom. The maximum absolute atomic E-state index is 5.64. The molecule has 0 amide bonds. The van der Waals surface area contributed by atoms with Crippen LogP contribution in [0.1, 0.15) is 23.5 Å². The van der Waals surface area contributed by atoms with Crippen LogP contribution < -0.4 is 14.8 Å². The fourth-order valence-corrected chi connectivity index (χ4v) is 3.71. The highest BCUT2D eigenvalue weighted by Gasteiger charge is 2.17. The number of nitrogens with one attached hydrogen (secondary N) is 1. The molecule has 8 nitrogen and oxygen atoms in total. The van der Waals surface area contributed by atoms with Gasteiger partial charge in [-0.05, 0) is 43.2 Å². The molecule has 1 unspecified atom stereocenters. The molecular formula is C19H24N6O2S. The zero-order valence-corrected chi connectivity index (χ0v) is 16.9. The molecule has 28 heavy (non-hydrogen) atoms. The van der Waals surface area contributed by atoms with E-state index in [9.17, 15) is 0 Å². The molecule has 0 saturated heterocycles. The predicted octanol–water partition coefficient (Wildman–Crippen LogP) is 2.28. The molecule has 4 rings (SSSR count). The van der Waals surface area contributed by atoms with Crippen molar-refractivity contribution in [3.8, 4) is 17.4 Å². The van der Waals surface area contributed by atoms with Gasteiger partial charge in [0, 0.05) is 32.0 Å². The number of hydrogen-bond donors (Lipinski definition) is 1. The normalized spacial score (nSPS) is 14.4. The van der Waals surface area contributed by atoms with Gasteiger partial charge in [-0.2, -0.15) is 4.37 Å². The molecule has 1 aromatic carbocycles. The number of rotatable bonds is 8. The zero-order chi connectivity index (χ0) is 19.3. The van der Waals surface area contributed by atoms with Crippen molar-refractivity contribution in [1.82, 2.24) is 29.1 Å². The molecule has 3 heterocycles. The molecule has 0 aliphatic carbocycles. The van der Waals surface area contributed by atoms with Crippen molar-refractivity contribution in [2.45, 2.75) is 19.5 Å². The first kappa shape index (κ1) is 18.9. The molecule has 0 bridgehead atoms. The van der Waals surface area contributed by atoms with Crippen LogP contribution in [0.25, 0.3) is 5.95 Å². The summed E-state index contributed by atoms with van der Waals surface area (Å²) in [4.78, 5) is 10.9. The molecule has 0 spiro atoms. The van der Waals surface area contributed by atoms with Crippen LogP contribution in [-0.4, -0.2) is 57.2 Å². The van der Waals surface area contributed by atoms with Crippen LogP contribution in [0.4, 0.5) is 0 Å². The van der Waals surface area contributed by atoms with E-state index in [1.165, 1.54) is 17.1 Å². The average molecular weight is 401 g/mol. The van der Waals surface area contributed by atoms with E-state index in [4.69, 9.17) is 9.47 Å². The van der Waals surface area contributed by atoms with E-state index >= 15 is 0 Å². The molecule has 9 heteroatoms. The topological polar surface area (TPSA) is 77.3 Å². The van der Waals surface area contributed by atoms with E-state index in [1.54, 1.807) is 12.5 Å². The lowest BCUT2D eigenvalue weighted by atomic mass is 10.2. The van der Waals surface area contributed by atoms with Gasteiger partial charge < -0.3 is 14.8 Å². The Balaban J connectivity index is 1.24. The number of nitrogens with zero attached hydrogens (tertiary/aromatic N) is 5. The van der Waals surface area contributed by atoms with Gasteiger partial charge in [0.25, 0.3) is 0 Å². The number of hydrogen-bond acceptors (Lipinski definition) is 8. The van der Waals surface area contributed by atoms with Crippen molar-refractivity contribution in [2.24, 2.45) is 0 Å². The van der Waals surface area contributed by atoms with Gasteiger partial charge in [0.2, 0.25) is 5.95 Å². The van der Waals surface area contributed by atoms with Crippen molar-refractivity contribution in [3.05, 3.63) is 47.5 Å². The molecule has 1 aliphatic rings. The van der Waals surface area contributed by atoms with Crippen LogP contribution in [-0.2, 0) is 6.54 Å². The Morgan fingerprint density at radius 2 is 2.14 bits per heavy atom. The van der Waals surface area contributed by atoms with E-state index < -0.39 is 0 Å². The molecule has 2 aromatic heterocycles. The van der Waals surface area contributed by atoms with E-state index in [0.717, 1.165) is 36.1 Å². The fourth-order valence-electron chi connectivity index (χ4n) is 2.95. The largest absolute Gasteiger partial charge is 0.486 e. The van der Waals surface area contributed by atoms with Crippen LogP contribution in [0.5, 0.6) is 11.5 Å². The second-order valence-electron chi connectivity index (χ2n) is 6.71. The SMILES string of the molecule is CC(c1nc(-n2ccnc2)ns1)N(C)CCNCc1ccc2c(c1)OCCO2. The summed E-state index contributed by atoms with van der Waals surface area (Å²) in [7, 11) is 2.11. The Kier molecular flexibility index (Phi) is 5.84. The first-order chi connectivity index (χ1) is 13.7. The summed E-state index contributed by atoms with van der Waals surface area (Å²) in [5.74, 6) is 2.34. The second-order valence-corrected chi connectivity index (χ2v) is 7.50. The summed E-state index contributed by atoms with van der Waals surface area (Å²) in [6.45, 7) is 5.96. The van der Waals surface area contributed by atoms with Gasteiger partial charge in [0.1, 0.15) is 24.5 Å². The molecule has 1 atom stereocenters. The first-order valence-electron chi connectivity index (χ1n) is 9.32. The number of likely N-dealkylation sites (N-methyl/N-ethyl adjacent to an activating group) is 1. The summed E-state index contributed by atoms with van der Waals surface area (Å²) in [6, 6.07) is 6.30. The first-order valence-corrected chi connectivity index (χ1v) is 10.1. The highest BCUT2D eigenvalue weighted by Crippen LogP contribution is 2.30. The van der Waals surface area contributed by atoms with Crippen molar-refractivity contribution < 1.29 is 9.47 Å². The minimum Gasteiger partial charge on any atom is -0.486 e. The highest BCUT2D eigenvalue weighted by atomic mass is 32.1. The molecular weight excluding hydrogens is 376 g/mol. The van der Waals surface area contributed by atoms with Gasteiger partial charge in [-0.15, -0.1) is 0 Å². The maximum Gasteiger partial charge on any atom is 0.246 e. The summed E-state index contributed by atoms with van der Waals surface area (Å²) in [6.07, 6.45) is 5.29. The van der Waals surface area contributed by atoms with E-state index in [1.807, 2.05) is 22.9 Å². The lowest BCUT2D eigenvalue weighted by molar-refractivity contribution is 0.171. The van der Waals surface area contributed by atoms with Crippen LogP contribution in [0, 0.1) is 0 Å². The smallest absolute Gasteiger partial charge is 0.246 e. The van der Waals surface area contributed by atoms with Crippen molar-refractivity contribution >= 4 is 11.5 Å². The lowest BCUT2D eigenvalue weighted by Gasteiger charge is -2.23. The Labute approximate surface area is 168 Å². The summed E-state index contributed by atoms with van der Waals surface area (Å²) in [5.41, 5.74) is 1.19. The third-order valence-corrected chi connectivity index (χ3v) is 5.64. The van der Waals surface area contributed by atoms with Crippen LogP contribution in [0.15, 0.2) is 36.9 Å².